The Morgan fingerprint density at radius 2 is 0.466 bits per heavy atom. The minimum absolute atomic E-state index is 0.841. The predicted molar refractivity (Wildman–Crippen MR) is 312 cm³/mol. The second-order valence-electron chi connectivity index (χ2n) is 18.2. The molecule has 0 heterocycles. The number of fused-ring (bicyclic) bond motifs is 3. The van der Waals surface area contributed by atoms with Crippen molar-refractivity contribution < 1.29 is 0 Å². The van der Waals surface area contributed by atoms with E-state index in [9.17, 15) is 0 Å². The molecule has 0 amide bonds. The fourth-order valence-corrected chi connectivity index (χ4v) is 10.1. The molecule has 0 unspecified atom stereocenters. The van der Waals surface area contributed by atoms with Crippen molar-refractivity contribution >= 4 is 106 Å². The third kappa shape index (κ3) is 9.20. The highest BCUT2D eigenvalue weighted by atomic mass is 15.2. The maximum absolute atomic E-state index is 3.53. The van der Waals surface area contributed by atoms with Gasteiger partial charge in [-0.15, -0.1) is 0 Å². The van der Waals surface area contributed by atoms with Crippen LogP contribution in [0.25, 0.3) is 32.3 Å². The summed E-state index contributed by atoms with van der Waals surface area (Å²) in [5, 5.41) is 10.8. The van der Waals surface area contributed by atoms with Gasteiger partial charge in [-0.3, -0.25) is 0 Å². The molecule has 0 saturated heterocycles. The summed E-state index contributed by atoms with van der Waals surface area (Å²) in [7, 11) is 0. The molecule has 12 rings (SSSR count). The summed E-state index contributed by atoms with van der Waals surface area (Å²) < 4.78 is 0. The first-order valence-electron chi connectivity index (χ1n) is 25.0. The molecule has 1 N–H and O–H groups in total. The Balaban J connectivity index is 0.967. The lowest BCUT2D eigenvalue weighted by Crippen LogP contribution is -2.14. The van der Waals surface area contributed by atoms with Gasteiger partial charge in [-0.05, 0) is 191 Å². The highest BCUT2D eigenvalue weighted by Gasteiger charge is 2.20. The Kier molecular flexibility index (Phi) is 12.2. The van der Waals surface area contributed by atoms with Gasteiger partial charge in [0, 0.05) is 80.5 Å². The van der Waals surface area contributed by atoms with Gasteiger partial charge in [0.1, 0.15) is 0 Å². The van der Waals surface area contributed by atoms with Crippen LogP contribution in [-0.4, -0.2) is 6.54 Å². The quantitative estimate of drug-likeness (QED) is 0.117. The van der Waals surface area contributed by atoms with Crippen LogP contribution in [-0.2, 0) is 0 Å². The van der Waals surface area contributed by atoms with Crippen LogP contribution in [0.2, 0.25) is 0 Å². The van der Waals surface area contributed by atoms with Gasteiger partial charge in [-0.2, -0.15) is 0 Å². The third-order valence-corrected chi connectivity index (χ3v) is 13.6. The number of rotatable bonds is 14. The Morgan fingerprint density at radius 3 is 0.808 bits per heavy atom. The van der Waals surface area contributed by atoms with Crippen LogP contribution in [0.1, 0.15) is 6.92 Å². The zero-order valence-electron chi connectivity index (χ0n) is 40.6. The molecule has 73 heavy (non-hydrogen) atoms. The van der Waals surface area contributed by atoms with Crippen molar-refractivity contribution in [2.24, 2.45) is 0 Å². The number of hydrogen-bond acceptors (Lipinski definition) is 5. The van der Waals surface area contributed by atoms with Gasteiger partial charge in [0.15, 0.2) is 0 Å². The van der Waals surface area contributed by atoms with Gasteiger partial charge in [-0.25, -0.2) is 0 Å². The zero-order valence-corrected chi connectivity index (χ0v) is 40.6. The molecule has 350 valence electrons. The minimum Gasteiger partial charge on any atom is -0.385 e. The van der Waals surface area contributed by atoms with Gasteiger partial charge >= 0.3 is 0 Å². The number of nitrogens with zero attached hydrogens (tertiary/aromatic N) is 4. The molecule has 0 aliphatic carbocycles. The lowest BCUT2D eigenvalue weighted by molar-refractivity contribution is 1.21. The van der Waals surface area contributed by atoms with E-state index in [0.717, 1.165) is 80.5 Å². The third-order valence-electron chi connectivity index (χ3n) is 13.6. The maximum atomic E-state index is 3.53. The van der Waals surface area contributed by atoms with E-state index in [1.54, 1.807) is 0 Å². The Labute approximate surface area is 427 Å². The molecule has 12 aromatic carbocycles. The second kappa shape index (κ2) is 20.0. The Hall–Kier alpha value is -9.58. The Bertz CT molecular complexity index is 3650. The fourth-order valence-electron chi connectivity index (χ4n) is 10.1. The van der Waals surface area contributed by atoms with Crippen LogP contribution in [0.4, 0.5) is 73.9 Å². The van der Waals surface area contributed by atoms with Gasteiger partial charge in [0.2, 0.25) is 0 Å². The molecule has 0 aromatic heterocycles. The van der Waals surface area contributed by atoms with E-state index < -0.39 is 0 Å². The fraction of sp³-hybridized carbons (Fsp3) is 0.0294. The number of para-hydroxylation sites is 2. The summed E-state index contributed by atoms with van der Waals surface area (Å²) in [5.74, 6) is 0. The molecule has 0 bridgehead atoms. The standard InChI is InChI=1S/C68H53N5/c1-2-69-56-22-15-27-65(49-56)73(68-33-30-52-18-11-14-21-55(52)48-68)64-44-38-61(39-45-64)70(59-34-40-62(41-35-59)71(57-23-5-3-6-24-57)66-31-28-50-16-9-12-19-53(50)46-66)60-36-42-63(43-37-60)72(58-25-7-4-8-26-58)67-32-29-51-17-10-13-20-54(51)47-67/h3-49,69H,2H2,1H3. The van der Waals surface area contributed by atoms with Crippen molar-refractivity contribution in [3.05, 3.63) is 285 Å². The predicted octanol–water partition coefficient (Wildman–Crippen LogP) is 19.5. The first kappa shape index (κ1) is 44.6. The summed E-state index contributed by atoms with van der Waals surface area (Å²) in [6.45, 7) is 2.97. The summed E-state index contributed by atoms with van der Waals surface area (Å²) in [6, 6.07) is 103. The average Bonchev–Trinajstić information content (AvgIpc) is 3.45. The lowest BCUT2D eigenvalue weighted by Gasteiger charge is -2.30. The average molecular weight is 940 g/mol. The molecule has 5 heteroatoms. The van der Waals surface area contributed by atoms with E-state index in [-0.39, 0.29) is 0 Å². The summed E-state index contributed by atoms with van der Waals surface area (Å²) in [4.78, 5) is 9.37. The van der Waals surface area contributed by atoms with Crippen molar-refractivity contribution in [2.45, 2.75) is 6.92 Å². The summed E-state index contributed by atoms with van der Waals surface area (Å²) in [6.07, 6.45) is 0. The number of benzene rings is 12. The molecule has 0 radical (unpaired) electrons. The number of nitrogens with one attached hydrogen (secondary N) is 1. The summed E-state index contributed by atoms with van der Waals surface area (Å²) in [5.41, 5.74) is 13.9. The van der Waals surface area contributed by atoms with Crippen LogP contribution in [0.15, 0.2) is 285 Å². The first-order valence-corrected chi connectivity index (χ1v) is 25.0. The van der Waals surface area contributed by atoms with Crippen molar-refractivity contribution in [2.75, 3.05) is 31.5 Å². The molecule has 0 atom stereocenters. The van der Waals surface area contributed by atoms with Gasteiger partial charge in [0.25, 0.3) is 0 Å². The number of anilines is 13. The molecular formula is C68H53N5. The first-order chi connectivity index (χ1) is 36.1. The monoisotopic (exact) mass is 939 g/mol. The molecule has 5 nitrogen and oxygen atoms in total. The maximum Gasteiger partial charge on any atom is 0.0482 e. The molecule has 0 aliphatic heterocycles. The molecule has 0 aliphatic rings. The normalized spacial score (nSPS) is 11.1. The van der Waals surface area contributed by atoms with Crippen molar-refractivity contribution in [1.29, 1.82) is 0 Å². The molecule has 0 saturated carbocycles. The van der Waals surface area contributed by atoms with Gasteiger partial charge < -0.3 is 24.9 Å². The van der Waals surface area contributed by atoms with Crippen LogP contribution in [0, 0.1) is 0 Å². The van der Waals surface area contributed by atoms with E-state index in [4.69, 9.17) is 0 Å². The smallest absolute Gasteiger partial charge is 0.0482 e. The number of hydrogen-bond donors (Lipinski definition) is 1. The lowest BCUT2D eigenvalue weighted by atomic mass is 10.1. The van der Waals surface area contributed by atoms with Crippen molar-refractivity contribution in [1.82, 2.24) is 0 Å². The minimum atomic E-state index is 0.841. The highest BCUT2D eigenvalue weighted by Crippen LogP contribution is 2.44. The van der Waals surface area contributed by atoms with Gasteiger partial charge in [-0.1, -0.05) is 133 Å². The SMILES string of the molecule is CCNc1cccc(N(c2ccc(N(c3ccc(N(c4ccccc4)c4ccc5ccccc5c4)cc3)c3ccc(N(c4ccccc4)c4ccc5ccccc5c4)cc3)cc2)c2ccc3ccccc3c2)c1. The van der Waals surface area contributed by atoms with Crippen LogP contribution in [0.3, 0.4) is 0 Å². The van der Waals surface area contributed by atoms with E-state index in [1.807, 2.05) is 0 Å². The molecular weight excluding hydrogens is 887 g/mol. The molecule has 12 aromatic rings. The molecule has 0 spiro atoms. The van der Waals surface area contributed by atoms with Gasteiger partial charge in [0.05, 0.1) is 0 Å². The van der Waals surface area contributed by atoms with Crippen molar-refractivity contribution in [3.8, 4) is 0 Å². The topological polar surface area (TPSA) is 25.0 Å². The van der Waals surface area contributed by atoms with E-state index >= 15 is 0 Å². The van der Waals surface area contributed by atoms with Crippen LogP contribution < -0.4 is 24.9 Å². The largest absolute Gasteiger partial charge is 0.385 e. The van der Waals surface area contributed by atoms with E-state index in [0.29, 0.717) is 0 Å². The second-order valence-corrected chi connectivity index (χ2v) is 18.2. The van der Waals surface area contributed by atoms with Crippen LogP contribution >= 0.6 is 0 Å². The van der Waals surface area contributed by atoms with E-state index in [2.05, 4.69) is 317 Å². The zero-order chi connectivity index (χ0) is 48.9. The summed E-state index contributed by atoms with van der Waals surface area (Å²) >= 11 is 0. The Morgan fingerprint density at radius 1 is 0.219 bits per heavy atom. The van der Waals surface area contributed by atoms with Crippen LogP contribution in [0.5, 0.6) is 0 Å². The molecule has 0 fully saturated rings. The highest BCUT2D eigenvalue weighted by molar-refractivity contribution is 5.93. The van der Waals surface area contributed by atoms with Crippen molar-refractivity contribution in [3.63, 3.8) is 0 Å². The van der Waals surface area contributed by atoms with E-state index in [1.165, 1.54) is 32.3 Å².